The SMILES string of the molecule is CCC(CSC)NC(=O)c1cc(Br)sc1Br. The van der Waals surface area contributed by atoms with E-state index in [1.165, 1.54) is 11.3 Å². The van der Waals surface area contributed by atoms with E-state index in [9.17, 15) is 4.79 Å². The molecule has 90 valence electrons. The zero-order valence-electron chi connectivity index (χ0n) is 9.05. The molecule has 0 spiro atoms. The molecule has 0 aromatic carbocycles. The Bertz CT molecular complexity index is 368. The number of hydrogen-bond acceptors (Lipinski definition) is 3. The van der Waals surface area contributed by atoms with Crippen molar-refractivity contribution in [1.82, 2.24) is 5.32 Å². The summed E-state index contributed by atoms with van der Waals surface area (Å²) >= 11 is 10.0. The van der Waals surface area contributed by atoms with Gasteiger partial charge in [-0.2, -0.15) is 11.8 Å². The lowest BCUT2D eigenvalue weighted by atomic mass is 10.2. The Morgan fingerprint density at radius 2 is 2.31 bits per heavy atom. The van der Waals surface area contributed by atoms with Gasteiger partial charge in [-0.25, -0.2) is 0 Å². The largest absolute Gasteiger partial charge is 0.348 e. The number of carbonyl (C=O) groups excluding carboxylic acids is 1. The number of carbonyl (C=O) groups is 1. The maximum Gasteiger partial charge on any atom is 0.253 e. The molecule has 0 saturated heterocycles. The molecule has 0 aliphatic carbocycles. The lowest BCUT2D eigenvalue weighted by Crippen LogP contribution is -2.36. The van der Waals surface area contributed by atoms with Crippen LogP contribution in [0.25, 0.3) is 0 Å². The fourth-order valence-corrected chi connectivity index (χ4v) is 4.74. The van der Waals surface area contributed by atoms with E-state index in [1.54, 1.807) is 11.8 Å². The van der Waals surface area contributed by atoms with Crippen LogP contribution in [0.4, 0.5) is 0 Å². The number of thiophene rings is 1. The van der Waals surface area contributed by atoms with Crippen molar-refractivity contribution >= 4 is 60.9 Å². The van der Waals surface area contributed by atoms with Crippen molar-refractivity contribution in [3.05, 3.63) is 19.2 Å². The van der Waals surface area contributed by atoms with E-state index in [2.05, 4.69) is 44.1 Å². The van der Waals surface area contributed by atoms with Crippen LogP contribution in [0.1, 0.15) is 23.7 Å². The molecule has 1 aromatic heterocycles. The van der Waals surface area contributed by atoms with Gasteiger partial charge in [0.2, 0.25) is 0 Å². The van der Waals surface area contributed by atoms with E-state index in [0.29, 0.717) is 5.56 Å². The van der Waals surface area contributed by atoms with Crippen LogP contribution in [-0.4, -0.2) is 24.0 Å². The highest BCUT2D eigenvalue weighted by molar-refractivity contribution is 9.12. The van der Waals surface area contributed by atoms with Gasteiger partial charge in [0.15, 0.2) is 0 Å². The molecule has 1 atom stereocenters. The van der Waals surface area contributed by atoms with E-state index in [4.69, 9.17) is 0 Å². The number of thioether (sulfide) groups is 1. The summed E-state index contributed by atoms with van der Waals surface area (Å²) in [6.07, 6.45) is 3.00. The number of nitrogens with one attached hydrogen (secondary N) is 1. The van der Waals surface area contributed by atoms with Crippen molar-refractivity contribution in [2.45, 2.75) is 19.4 Å². The summed E-state index contributed by atoms with van der Waals surface area (Å²) in [6, 6.07) is 2.09. The Labute approximate surface area is 121 Å². The van der Waals surface area contributed by atoms with Gasteiger partial charge in [-0.1, -0.05) is 6.92 Å². The molecule has 0 aliphatic heterocycles. The molecule has 1 amide bonds. The van der Waals surface area contributed by atoms with Crippen LogP contribution in [0.5, 0.6) is 0 Å². The van der Waals surface area contributed by atoms with Crippen LogP contribution in [-0.2, 0) is 0 Å². The number of rotatable bonds is 5. The first-order valence-electron chi connectivity index (χ1n) is 4.83. The van der Waals surface area contributed by atoms with Crippen molar-refractivity contribution < 1.29 is 4.79 Å². The van der Waals surface area contributed by atoms with Gasteiger partial charge in [0, 0.05) is 11.8 Å². The third-order valence-corrected chi connectivity index (χ3v) is 5.17. The normalized spacial score (nSPS) is 12.5. The second-order valence-electron chi connectivity index (χ2n) is 3.27. The minimum atomic E-state index is -0.00488. The Morgan fingerprint density at radius 1 is 1.62 bits per heavy atom. The second-order valence-corrected chi connectivity index (χ2v) is 7.93. The van der Waals surface area contributed by atoms with Crippen LogP contribution >= 0.6 is 55.0 Å². The molecular formula is C10H13Br2NOS2. The predicted octanol–water partition coefficient (Wildman–Crippen LogP) is 4.14. The van der Waals surface area contributed by atoms with Gasteiger partial charge in [0.25, 0.3) is 5.91 Å². The van der Waals surface area contributed by atoms with E-state index >= 15 is 0 Å². The molecule has 1 heterocycles. The van der Waals surface area contributed by atoms with Gasteiger partial charge < -0.3 is 5.32 Å². The zero-order chi connectivity index (χ0) is 12.1. The summed E-state index contributed by atoms with van der Waals surface area (Å²) in [6.45, 7) is 2.08. The molecule has 1 rings (SSSR count). The summed E-state index contributed by atoms with van der Waals surface area (Å²) < 4.78 is 1.83. The first-order chi connectivity index (χ1) is 7.58. The van der Waals surface area contributed by atoms with Crippen molar-refractivity contribution in [3.8, 4) is 0 Å². The third-order valence-electron chi connectivity index (χ3n) is 2.10. The van der Waals surface area contributed by atoms with Crippen molar-refractivity contribution in [1.29, 1.82) is 0 Å². The smallest absolute Gasteiger partial charge is 0.253 e. The van der Waals surface area contributed by atoms with Crippen molar-refractivity contribution in [3.63, 3.8) is 0 Å². The molecule has 0 fully saturated rings. The second kappa shape index (κ2) is 7.03. The fraction of sp³-hybridized carbons (Fsp3) is 0.500. The maximum atomic E-state index is 12.0. The molecule has 0 bridgehead atoms. The maximum absolute atomic E-state index is 12.0. The highest BCUT2D eigenvalue weighted by atomic mass is 79.9. The summed E-state index contributed by atoms with van der Waals surface area (Å²) in [5.41, 5.74) is 0.705. The fourth-order valence-electron chi connectivity index (χ4n) is 1.22. The average Bonchev–Trinajstić information content (AvgIpc) is 2.57. The van der Waals surface area contributed by atoms with Gasteiger partial charge in [0.1, 0.15) is 0 Å². The Morgan fingerprint density at radius 3 is 2.75 bits per heavy atom. The lowest BCUT2D eigenvalue weighted by molar-refractivity contribution is 0.0940. The van der Waals surface area contributed by atoms with Gasteiger partial charge in [0.05, 0.1) is 13.1 Å². The highest BCUT2D eigenvalue weighted by Crippen LogP contribution is 2.31. The topological polar surface area (TPSA) is 29.1 Å². The lowest BCUT2D eigenvalue weighted by Gasteiger charge is -2.15. The van der Waals surface area contributed by atoms with Crippen LogP contribution in [0.2, 0.25) is 0 Å². The van der Waals surface area contributed by atoms with Crippen LogP contribution in [0.3, 0.4) is 0 Å². The first kappa shape index (κ1) is 14.5. The van der Waals surface area contributed by atoms with Gasteiger partial charge in [-0.05, 0) is 50.6 Å². The predicted molar refractivity (Wildman–Crippen MR) is 79.6 cm³/mol. The third kappa shape index (κ3) is 4.05. The van der Waals surface area contributed by atoms with E-state index < -0.39 is 0 Å². The van der Waals surface area contributed by atoms with Gasteiger partial charge in [-0.15, -0.1) is 11.3 Å². The zero-order valence-corrected chi connectivity index (χ0v) is 13.9. The summed E-state index contributed by atoms with van der Waals surface area (Å²) in [5.74, 6) is 0.945. The first-order valence-corrected chi connectivity index (χ1v) is 8.62. The molecule has 6 heteroatoms. The quantitative estimate of drug-likeness (QED) is 0.823. The Hall–Kier alpha value is 0.480. The molecule has 1 N–H and O–H groups in total. The monoisotopic (exact) mass is 385 g/mol. The van der Waals surface area contributed by atoms with Gasteiger partial charge in [-0.3, -0.25) is 4.79 Å². The molecule has 1 aromatic rings. The molecule has 1 unspecified atom stereocenters. The van der Waals surface area contributed by atoms with Crippen LogP contribution in [0.15, 0.2) is 13.6 Å². The molecule has 0 aliphatic rings. The summed E-state index contributed by atoms with van der Waals surface area (Å²) in [7, 11) is 0. The number of hydrogen-bond donors (Lipinski definition) is 1. The minimum absolute atomic E-state index is 0.00488. The average molecular weight is 387 g/mol. The van der Waals surface area contributed by atoms with E-state index in [1.807, 2.05) is 12.3 Å². The van der Waals surface area contributed by atoms with E-state index in [-0.39, 0.29) is 11.9 Å². The summed E-state index contributed by atoms with van der Waals surface area (Å²) in [5, 5.41) is 3.03. The van der Waals surface area contributed by atoms with Crippen LogP contribution in [0, 0.1) is 0 Å². The number of amides is 1. The standard InChI is InChI=1S/C10H13Br2NOS2/c1-3-6(5-15-2)13-10(14)7-4-8(11)16-9(7)12/h4,6H,3,5H2,1-2H3,(H,13,14). The highest BCUT2D eigenvalue weighted by Gasteiger charge is 2.16. The molecule has 16 heavy (non-hydrogen) atoms. The molecule has 0 radical (unpaired) electrons. The van der Waals surface area contributed by atoms with Crippen molar-refractivity contribution in [2.24, 2.45) is 0 Å². The summed E-state index contributed by atoms with van der Waals surface area (Å²) in [4.78, 5) is 12.0. The van der Waals surface area contributed by atoms with Crippen LogP contribution < -0.4 is 5.32 Å². The molecular weight excluding hydrogens is 374 g/mol. The molecule has 2 nitrogen and oxygen atoms in total. The Balaban J connectivity index is 2.67. The van der Waals surface area contributed by atoms with Gasteiger partial charge >= 0.3 is 0 Å². The Kier molecular flexibility index (Phi) is 6.39. The van der Waals surface area contributed by atoms with Crippen molar-refractivity contribution in [2.75, 3.05) is 12.0 Å². The number of halogens is 2. The van der Waals surface area contributed by atoms with E-state index in [0.717, 1.165) is 19.7 Å². The minimum Gasteiger partial charge on any atom is -0.348 e. The molecule has 0 saturated carbocycles.